The van der Waals surface area contributed by atoms with Crippen molar-refractivity contribution in [2.75, 3.05) is 20.3 Å². The van der Waals surface area contributed by atoms with E-state index in [4.69, 9.17) is 25.8 Å². The summed E-state index contributed by atoms with van der Waals surface area (Å²) in [5, 5.41) is 3.42. The molecule has 2 rings (SSSR count). The minimum atomic E-state index is -0.603. The molecule has 0 unspecified atom stereocenters. The van der Waals surface area contributed by atoms with Crippen molar-refractivity contribution in [3.05, 3.63) is 53.6 Å². The number of carbonyl (C=O) groups excluding carboxylic acids is 1. The predicted octanol–water partition coefficient (Wildman–Crippen LogP) is 3.31. The van der Waals surface area contributed by atoms with E-state index in [1.165, 1.54) is 0 Å². The van der Waals surface area contributed by atoms with Crippen LogP contribution >= 0.6 is 11.6 Å². The van der Waals surface area contributed by atoms with Crippen LogP contribution in [0, 0.1) is 0 Å². The lowest BCUT2D eigenvalue weighted by Gasteiger charge is -2.15. The highest BCUT2D eigenvalue weighted by Crippen LogP contribution is 2.18. The molecular formula is C18H20ClNO4. The van der Waals surface area contributed by atoms with Crippen molar-refractivity contribution in [3.63, 3.8) is 0 Å². The van der Waals surface area contributed by atoms with Crippen LogP contribution in [-0.2, 0) is 4.79 Å². The lowest BCUT2D eigenvalue weighted by atomic mass is 10.3. The van der Waals surface area contributed by atoms with Gasteiger partial charge < -0.3 is 19.5 Å². The first-order chi connectivity index (χ1) is 11.6. The number of hydrogen-bond acceptors (Lipinski definition) is 4. The first kappa shape index (κ1) is 17.9. The summed E-state index contributed by atoms with van der Waals surface area (Å²) in [4.78, 5) is 12.0. The highest BCUT2D eigenvalue weighted by atomic mass is 35.5. The van der Waals surface area contributed by atoms with Gasteiger partial charge in [-0.1, -0.05) is 11.6 Å². The fraction of sp³-hybridized carbons (Fsp3) is 0.278. The number of hydrogen-bond donors (Lipinski definition) is 1. The number of halogens is 1. The summed E-state index contributed by atoms with van der Waals surface area (Å²) in [6.07, 6.45) is -0.603. The molecule has 0 spiro atoms. The molecule has 0 aliphatic heterocycles. The van der Waals surface area contributed by atoms with Crippen LogP contribution in [0.2, 0.25) is 5.02 Å². The van der Waals surface area contributed by atoms with Crippen molar-refractivity contribution < 1.29 is 19.0 Å². The normalized spacial score (nSPS) is 11.5. The maximum absolute atomic E-state index is 12.0. The molecule has 0 saturated heterocycles. The van der Waals surface area contributed by atoms with Crippen molar-refractivity contribution in [1.82, 2.24) is 5.32 Å². The fourth-order valence-corrected chi connectivity index (χ4v) is 2.06. The van der Waals surface area contributed by atoms with Gasteiger partial charge in [-0.3, -0.25) is 4.79 Å². The van der Waals surface area contributed by atoms with E-state index in [1.54, 1.807) is 62.6 Å². The molecule has 1 N–H and O–H groups in total. The van der Waals surface area contributed by atoms with E-state index in [2.05, 4.69) is 5.32 Å². The minimum absolute atomic E-state index is 0.203. The van der Waals surface area contributed by atoms with E-state index >= 15 is 0 Å². The number of nitrogens with one attached hydrogen (secondary N) is 1. The molecule has 0 aliphatic rings. The average Bonchev–Trinajstić information content (AvgIpc) is 2.60. The molecule has 0 radical (unpaired) electrons. The summed E-state index contributed by atoms with van der Waals surface area (Å²) in [6.45, 7) is 2.44. The first-order valence-corrected chi connectivity index (χ1v) is 7.93. The van der Waals surface area contributed by atoms with Crippen LogP contribution in [0.5, 0.6) is 17.2 Å². The van der Waals surface area contributed by atoms with Crippen molar-refractivity contribution in [2.24, 2.45) is 0 Å². The van der Waals surface area contributed by atoms with Gasteiger partial charge >= 0.3 is 0 Å². The van der Waals surface area contributed by atoms with E-state index in [9.17, 15) is 4.79 Å². The molecule has 0 heterocycles. The van der Waals surface area contributed by atoms with Gasteiger partial charge in [-0.25, -0.2) is 0 Å². The third-order valence-corrected chi connectivity index (χ3v) is 3.48. The molecule has 2 aromatic rings. The Labute approximate surface area is 146 Å². The van der Waals surface area contributed by atoms with Crippen LogP contribution in [0.1, 0.15) is 6.92 Å². The second kappa shape index (κ2) is 9.03. The van der Waals surface area contributed by atoms with Gasteiger partial charge in [0.05, 0.1) is 13.7 Å². The van der Waals surface area contributed by atoms with Crippen molar-refractivity contribution in [3.8, 4) is 17.2 Å². The molecule has 0 fully saturated rings. The topological polar surface area (TPSA) is 56.8 Å². The van der Waals surface area contributed by atoms with E-state index in [-0.39, 0.29) is 5.91 Å². The highest BCUT2D eigenvalue weighted by Gasteiger charge is 2.14. The predicted molar refractivity (Wildman–Crippen MR) is 93.0 cm³/mol. The number of amides is 1. The molecular weight excluding hydrogens is 330 g/mol. The van der Waals surface area contributed by atoms with Crippen LogP contribution in [0.4, 0.5) is 0 Å². The zero-order valence-electron chi connectivity index (χ0n) is 13.6. The fourth-order valence-electron chi connectivity index (χ4n) is 1.93. The van der Waals surface area contributed by atoms with E-state index in [1.807, 2.05) is 0 Å². The summed E-state index contributed by atoms with van der Waals surface area (Å²) in [6, 6.07) is 14.1. The monoisotopic (exact) mass is 349 g/mol. The zero-order chi connectivity index (χ0) is 17.4. The third kappa shape index (κ3) is 5.66. The summed E-state index contributed by atoms with van der Waals surface area (Å²) < 4.78 is 16.2. The van der Waals surface area contributed by atoms with Crippen LogP contribution in [0.15, 0.2) is 48.5 Å². The first-order valence-electron chi connectivity index (χ1n) is 7.55. The SMILES string of the molecule is COc1ccc(O[C@@H](C)C(=O)NCCOc2ccc(Cl)cc2)cc1. The minimum Gasteiger partial charge on any atom is -0.497 e. The lowest BCUT2D eigenvalue weighted by Crippen LogP contribution is -2.38. The average molecular weight is 350 g/mol. The van der Waals surface area contributed by atoms with Crippen LogP contribution in [0.3, 0.4) is 0 Å². The Morgan fingerprint density at radius 2 is 1.62 bits per heavy atom. The summed E-state index contributed by atoms with van der Waals surface area (Å²) in [7, 11) is 1.60. The van der Waals surface area contributed by atoms with Crippen LogP contribution in [0.25, 0.3) is 0 Å². The van der Waals surface area contributed by atoms with Gasteiger partial charge in [0.1, 0.15) is 23.9 Å². The van der Waals surface area contributed by atoms with Gasteiger partial charge in [-0.2, -0.15) is 0 Å². The van der Waals surface area contributed by atoms with Gasteiger partial charge in [0.2, 0.25) is 0 Å². The van der Waals surface area contributed by atoms with Gasteiger partial charge in [-0.15, -0.1) is 0 Å². The van der Waals surface area contributed by atoms with E-state index in [0.717, 1.165) is 5.75 Å². The molecule has 2 aromatic carbocycles. The highest BCUT2D eigenvalue weighted by molar-refractivity contribution is 6.30. The Bertz CT molecular complexity index is 643. The summed E-state index contributed by atoms with van der Waals surface area (Å²) in [5.74, 6) is 1.84. The van der Waals surface area contributed by atoms with Gasteiger partial charge in [0.15, 0.2) is 6.10 Å². The Balaban J connectivity index is 1.70. The summed E-state index contributed by atoms with van der Waals surface area (Å²) in [5.41, 5.74) is 0. The van der Waals surface area contributed by atoms with Crippen molar-refractivity contribution >= 4 is 17.5 Å². The molecule has 0 saturated carbocycles. The number of benzene rings is 2. The second-order valence-corrected chi connectivity index (χ2v) is 5.47. The largest absolute Gasteiger partial charge is 0.497 e. The maximum atomic E-state index is 12.0. The van der Waals surface area contributed by atoms with E-state index < -0.39 is 6.10 Å². The molecule has 128 valence electrons. The zero-order valence-corrected chi connectivity index (χ0v) is 14.4. The Morgan fingerprint density at radius 1 is 1.04 bits per heavy atom. The molecule has 0 bridgehead atoms. The Morgan fingerprint density at radius 3 is 2.25 bits per heavy atom. The molecule has 5 nitrogen and oxygen atoms in total. The Kier molecular flexibility index (Phi) is 6.75. The number of methoxy groups -OCH3 is 1. The molecule has 1 amide bonds. The Hall–Kier alpha value is -2.40. The third-order valence-electron chi connectivity index (χ3n) is 3.23. The smallest absolute Gasteiger partial charge is 0.260 e. The van der Waals surface area contributed by atoms with E-state index in [0.29, 0.717) is 29.7 Å². The lowest BCUT2D eigenvalue weighted by molar-refractivity contribution is -0.127. The maximum Gasteiger partial charge on any atom is 0.260 e. The number of carbonyl (C=O) groups is 1. The van der Waals surface area contributed by atoms with Crippen LogP contribution < -0.4 is 19.5 Å². The number of rotatable bonds is 8. The molecule has 1 atom stereocenters. The molecule has 0 aromatic heterocycles. The number of ether oxygens (including phenoxy) is 3. The standard InChI is InChI=1S/C18H20ClNO4/c1-13(24-17-9-7-15(22-2)8-10-17)18(21)20-11-12-23-16-5-3-14(19)4-6-16/h3-10,13H,11-12H2,1-2H3,(H,20,21)/t13-/m0/s1. The molecule has 6 heteroatoms. The quantitative estimate of drug-likeness (QED) is 0.743. The van der Waals surface area contributed by atoms with Crippen molar-refractivity contribution in [1.29, 1.82) is 0 Å². The van der Waals surface area contributed by atoms with Gasteiger partial charge in [0, 0.05) is 5.02 Å². The second-order valence-electron chi connectivity index (χ2n) is 5.03. The van der Waals surface area contributed by atoms with Gasteiger partial charge in [-0.05, 0) is 55.5 Å². The van der Waals surface area contributed by atoms with Gasteiger partial charge in [0.25, 0.3) is 5.91 Å². The van der Waals surface area contributed by atoms with Crippen molar-refractivity contribution in [2.45, 2.75) is 13.0 Å². The molecule has 24 heavy (non-hydrogen) atoms. The summed E-state index contributed by atoms with van der Waals surface area (Å²) >= 11 is 5.80. The molecule has 0 aliphatic carbocycles. The van der Waals surface area contributed by atoms with Crippen LogP contribution in [-0.4, -0.2) is 32.3 Å².